The van der Waals surface area contributed by atoms with Gasteiger partial charge >= 0.3 is 0 Å². The van der Waals surface area contributed by atoms with E-state index in [1.165, 1.54) is 10.6 Å². The number of benzene rings is 1. The molecule has 1 amide bonds. The van der Waals surface area contributed by atoms with Crippen molar-refractivity contribution in [1.82, 2.24) is 9.47 Å². The summed E-state index contributed by atoms with van der Waals surface area (Å²) >= 11 is 0. The molecule has 0 N–H and O–H groups in total. The van der Waals surface area contributed by atoms with Gasteiger partial charge in [0.05, 0.1) is 12.1 Å². The fourth-order valence-electron chi connectivity index (χ4n) is 2.79. The third-order valence-electron chi connectivity index (χ3n) is 4.18. The summed E-state index contributed by atoms with van der Waals surface area (Å²) in [4.78, 5) is 26.2. The molecule has 3 rings (SSSR count). The fraction of sp³-hybridized carbons (Fsp3) is 0.368. The van der Waals surface area contributed by atoms with Gasteiger partial charge in [-0.1, -0.05) is 12.1 Å². The predicted octanol–water partition coefficient (Wildman–Crippen LogP) is 2.08. The van der Waals surface area contributed by atoms with E-state index in [0.717, 1.165) is 5.75 Å². The lowest BCUT2D eigenvalue weighted by molar-refractivity contribution is 0.0392. The van der Waals surface area contributed by atoms with Gasteiger partial charge in [-0.05, 0) is 32.0 Å². The predicted molar refractivity (Wildman–Crippen MR) is 94.2 cm³/mol. The molecule has 0 unspecified atom stereocenters. The van der Waals surface area contributed by atoms with Crippen molar-refractivity contribution < 1.29 is 14.3 Å². The van der Waals surface area contributed by atoms with Crippen LogP contribution in [0.4, 0.5) is 0 Å². The molecular weight excluding hydrogens is 320 g/mol. The van der Waals surface area contributed by atoms with Gasteiger partial charge in [-0.2, -0.15) is 0 Å². The van der Waals surface area contributed by atoms with Gasteiger partial charge in [-0.25, -0.2) is 0 Å². The quantitative estimate of drug-likeness (QED) is 0.853. The number of aromatic nitrogens is 1. The van der Waals surface area contributed by atoms with Crippen molar-refractivity contribution in [1.29, 1.82) is 0 Å². The molecule has 2 heterocycles. The normalized spacial score (nSPS) is 15.9. The molecule has 0 saturated heterocycles. The van der Waals surface area contributed by atoms with E-state index in [-0.39, 0.29) is 23.6 Å². The highest BCUT2D eigenvalue weighted by atomic mass is 16.6. The average Bonchev–Trinajstić information content (AvgIpc) is 2.61. The van der Waals surface area contributed by atoms with E-state index in [2.05, 4.69) is 0 Å². The largest absolute Gasteiger partial charge is 0.486 e. The number of rotatable bonds is 4. The molecule has 0 fully saturated rings. The molecule has 1 aliphatic heterocycles. The minimum Gasteiger partial charge on any atom is -0.486 e. The maximum Gasteiger partial charge on any atom is 0.255 e. The monoisotopic (exact) mass is 342 g/mol. The Morgan fingerprint density at radius 1 is 1.24 bits per heavy atom. The first-order valence-electron chi connectivity index (χ1n) is 8.32. The summed E-state index contributed by atoms with van der Waals surface area (Å²) in [5.74, 6) is 1.28. The van der Waals surface area contributed by atoms with Crippen LogP contribution in [-0.4, -0.2) is 40.7 Å². The van der Waals surface area contributed by atoms with Crippen LogP contribution in [0, 0.1) is 0 Å². The van der Waals surface area contributed by atoms with Crippen molar-refractivity contribution >= 4 is 5.91 Å². The van der Waals surface area contributed by atoms with Crippen LogP contribution in [-0.2, 0) is 7.05 Å². The van der Waals surface area contributed by atoms with Crippen LogP contribution in [0.15, 0.2) is 47.4 Å². The number of nitrogens with zero attached hydrogens (tertiary/aromatic N) is 2. The summed E-state index contributed by atoms with van der Waals surface area (Å²) in [6.45, 7) is 4.71. The minimum absolute atomic E-state index is 0.00879. The zero-order valence-electron chi connectivity index (χ0n) is 14.6. The zero-order chi connectivity index (χ0) is 18.0. The van der Waals surface area contributed by atoms with Gasteiger partial charge in [-0.3, -0.25) is 9.59 Å². The molecule has 0 bridgehead atoms. The summed E-state index contributed by atoms with van der Waals surface area (Å²) in [6.07, 6.45) is 1.32. The molecule has 1 aromatic heterocycles. The maximum absolute atomic E-state index is 12.9. The van der Waals surface area contributed by atoms with Crippen LogP contribution in [0.2, 0.25) is 0 Å². The SMILES string of the molecule is CC(C)N(C[C@@H]1COc2ccccc2O1)C(=O)c1ccc(=O)n(C)c1. The molecule has 2 aromatic rings. The number of aryl methyl sites for hydroxylation is 1. The molecular formula is C19H22N2O4. The first-order chi connectivity index (χ1) is 12.0. The third-order valence-corrected chi connectivity index (χ3v) is 4.18. The Kier molecular flexibility index (Phi) is 4.79. The molecule has 6 nitrogen and oxygen atoms in total. The van der Waals surface area contributed by atoms with Gasteiger partial charge < -0.3 is 18.9 Å². The highest BCUT2D eigenvalue weighted by Gasteiger charge is 2.27. The Labute approximate surface area is 146 Å². The molecule has 1 aromatic carbocycles. The number of hydrogen-bond donors (Lipinski definition) is 0. The van der Waals surface area contributed by atoms with Crippen molar-refractivity contribution in [2.75, 3.05) is 13.2 Å². The smallest absolute Gasteiger partial charge is 0.255 e. The second-order valence-corrected chi connectivity index (χ2v) is 6.42. The fourth-order valence-corrected chi connectivity index (χ4v) is 2.79. The Bertz CT molecular complexity index is 828. The van der Waals surface area contributed by atoms with Crippen LogP contribution in [0.1, 0.15) is 24.2 Å². The molecule has 0 aliphatic carbocycles. The van der Waals surface area contributed by atoms with Gasteiger partial charge in [0.15, 0.2) is 17.6 Å². The Morgan fingerprint density at radius 3 is 2.64 bits per heavy atom. The number of hydrogen-bond acceptors (Lipinski definition) is 4. The first kappa shape index (κ1) is 17.1. The molecule has 25 heavy (non-hydrogen) atoms. The lowest BCUT2D eigenvalue weighted by Gasteiger charge is -2.33. The maximum atomic E-state index is 12.9. The second-order valence-electron chi connectivity index (χ2n) is 6.42. The van der Waals surface area contributed by atoms with Gasteiger partial charge in [0, 0.05) is 25.4 Å². The highest BCUT2D eigenvalue weighted by molar-refractivity contribution is 5.94. The average molecular weight is 342 g/mol. The van der Waals surface area contributed by atoms with E-state index in [0.29, 0.717) is 24.5 Å². The minimum atomic E-state index is -0.242. The summed E-state index contributed by atoms with van der Waals surface area (Å²) in [5, 5.41) is 0. The molecule has 6 heteroatoms. The van der Waals surface area contributed by atoms with E-state index in [9.17, 15) is 9.59 Å². The number of fused-ring (bicyclic) bond motifs is 1. The van der Waals surface area contributed by atoms with E-state index >= 15 is 0 Å². The van der Waals surface area contributed by atoms with Crippen molar-refractivity contribution in [2.24, 2.45) is 7.05 Å². The lowest BCUT2D eigenvalue weighted by atomic mass is 10.2. The lowest BCUT2D eigenvalue weighted by Crippen LogP contribution is -2.46. The zero-order valence-corrected chi connectivity index (χ0v) is 14.6. The molecule has 0 saturated carbocycles. The van der Waals surface area contributed by atoms with Crippen LogP contribution in [0.3, 0.4) is 0 Å². The van der Waals surface area contributed by atoms with E-state index in [1.54, 1.807) is 24.2 Å². The number of carbonyl (C=O) groups is 1. The van der Waals surface area contributed by atoms with Gasteiger partial charge in [0.25, 0.3) is 5.91 Å². The number of para-hydroxylation sites is 2. The molecule has 1 atom stereocenters. The van der Waals surface area contributed by atoms with Crippen molar-refractivity contribution in [3.05, 3.63) is 58.5 Å². The Balaban J connectivity index is 1.77. The van der Waals surface area contributed by atoms with Crippen LogP contribution in [0.5, 0.6) is 11.5 Å². The topological polar surface area (TPSA) is 60.8 Å². The summed E-state index contributed by atoms with van der Waals surface area (Å²) in [6, 6.07) is 10.5. The van der Waals surface area contributed by atoms with Crippen molar-refractivity contribution in [2.45, 2.75) is 26.0 Å². The summed E-state index contributed by atoms with van der Waals surface area (Å²) in [5.41, 5.74) is 0.334. The number of amides is 1. The standard InChI is InChI=1S/C19H22N2O4/c1-13(2)21(19(23)14-8-9-18(22)20(3)10-14)11-15-12-24-16-6-4-5-7-17(16)25-15/h4-10,13,15H,11-12H2,1-3H3/t15-/m1/s1. The molecule has 1 aliphatic rings. The first-order valence-corrected chi connectivity index (χ1v) is 8.32. The van der Waals surface area contributed by atoms with Crippen LogP contribution < -0.4 is 15.0 Å². The van der Waals surface area contributed by atoms with Crippen LogP contribution in [0.25, 0.3) is 0 Å². The van der Waals surface area contributed by atoms with Crippen molar-refractivity contribution in [3.8, 4) is 11.5 Å². The highest BCUT2D eigenvalue weighted by Crippen LogP contribution is 2.31. The Morgan fingerprint density at radius 2 is 1.96 bits per heavy atom. The second kappa shape index (κ2) is 7.01. The molecule has 0 spiro atoms. The number of carbonyl (C=O) groups excluding carboxylic acids is 1. The number of ether oxygens (including phenoxy) is 2. The molecule has 132 valence electrons. The Hall–Kier alpha value is -2.76. The van der Waals surface area contributed by atoms with Gasteiger partial charge in [0.1, 0.15) is 6.61 Å². The third kappa shape index (κ3) is 3.68. The van der Waals surface area contributed by atoms with E-state index in [4.69, 9.17) is 9.47 Å². The van der Waals surface area contributed by atoms with Crippen LogP contribution >= 0.6 is 0 Å². The van der Waals surface area contributed by atoms with E-state index < -0.39 is 0 Å². The summed E-state index contributed by atoms with van der Waals surface area (Å²) < 4.78 is 13.1. The van der Waals surface area contributed by atoms with Crippen molar-refractivity contribution in [3.63, 3.8) is 0 Å². The van der Waals surface area contributed by atoms with Gasteiger partial charge in [-0.15, -0.1) is 0 Å². The van der Waals surface area contributed by atoms with E-state index in [1.807, 2.05) is 38.1 Å². The van der Waals surface area contributed by atoms with Gasteiger partial charge in [0.2, 0.25) is 5.56 Å². The summed E-state index contributed by atoms with van der Waals surface area (Å²) in [7, 11) is 1.63. The molecule has 0 radical (unpaired) electrons. The number of pyridine rings is 1.